The Labute approximate surface area is 155 Å². The molecule has 0 amide bonds. The summed E-state index contributed by atoms with van der Waals surface area (Å²) in [6, 6.07) is 1.11. The predicted octanol–water partition coefficient (Wildman–Crippen LogP) is 1.16. The van der Waals surface area contributed by atoms with E-state index in [9.17, 15) is 14.7 Å². The number of pyridine rings is 1. The number of benzene rings is 1. The molecule has 0 radical (unpaired) electrons. The van der Waals surface area contributed by atoms with Crippen molar-refractivity contribution in [2.24, 2.45) is 0 Å². The fraction of sp³-hybridized carbons (Fsp3) is 0.444. The van der Waals surface area contributed by atoms with E-state index in [4.69, 9.17) is 4.74 Å². The molecule has 1 saturated heterocycles. The third-order valence-electron chi connectivity index (χ3n) is 4.75. The van der Waals surface area contributed by atoms with Gasteiger partial charge in [0.15, 0.2) is 11.6 Å². The number of carbonyl (C=O) groups is 1. The molecule has 0 aliphatic carbocycles. The summed E-state index contributed by atoms with van der Waals surface area (Å²) in [6.45, 7) is 4.85. The Balaban J connectivity index is 2.33. The quantitative estimate of drug-likeness (QED) is 0.807. The van der Waals surface area contributed by atoms with E-state index in [0.717, 1.165) is 19.2 Å². The predicted molar refractivity (Wildman–Crippen MR) is 101 cm³/mol. The van der Waals surface area contributed by atoms with E-state index >= 15 is 4.39 Å². The van der Waals surface area contributed by atoms with Gasteiger partial charge in [0.05, 0.1) is 12.0 Å². The van der Waals surface area contributed by atoms with Crippen molar-refractivity contribution in [3.8, 4) is 5.75 Å². The number of anilines is 1. The topological polar surface area (TPSA) is 87.0 Å². The molecular weight excluding hydrogens is 355 g/mol. The number of likely N-dealkylation sites (N-methyl/N-ethyl adjacent to an activating group) is 1. The average Bonchev–Trinajstić information content (AvgIpc) is 2.63. The fourth-order valence-electron chi connectivity index (χ4n) is 3.35. The molecule has 2 heterocycles. The van der Waals surface area contributed by atoms with E-state index in [-0.39, 0.29) is 17.7 Å². The molecule has 2 N–H and O–H groups in total. The highest BCUT2D eigenvalue weighted by atomic mass is 19.1. The molecular formula is C18H23FN4O4. The minimum Gasteiger partial charge on any atom is -0.489 e. The van der Waals surface area contributed by atoms with Crippen molar-refractivity contribution < 1.29 is 19.0 Å². The van der Waals surface area contributed by atoms with Gasteiger partial charge in [0.1, 0.15) is 16.8 Å². The van der Waals surface area contributed by atoms with Gasteiger partial charge in [0.25, 0.3) is 0 Å². The number of nitrogens with one attached hydrogen (secondary N) is 1. The number of halogens is 1. The zero-order valence-electron chi connectivity index (χ0n) is 15.6. The van der Waals surface area contributed by atoms with Gasteiger partial charge in [-0.3, -0.25) is 9.47 Å². The number of hydrogen-bond acceptors (Lipinski definition) is 6. The maximum atomic E-state index is 15.1. The van der Waals surface area contributed by atoms with Crippen LogP contribution in [0.5, 0.6) is 5.75 Å². The molecule has 0 spiro atoms. The average molecular weight is 378 g/mol. The summed E-state index contributed by atoms with van der Waals surface area (Å²) in [5.74, 6) is -1.73. The molecule has 3 rings (SSSR count). The molecule has 1 aliphatic heterocycles. The van der Waals surface area contributed by atoms with Crippen molar-refractivity contribution in [1.29, 1.82) is 0 Å². The van der Waals surface area contributed by atoms with E-state index in [2.05, 4.69) is 10.3 Å². The first-order valence-electron chi connectivity index (χ1n) is 8.78. The Morgan fingerprint density at radius 3 is 2.56 bits per heavy atom. The van der Waals surface area contributed by atoms with Crippen LogP contribution in [0.4, 0.5) is 10.1 Å². The van der Waals surface area contributed by atoms with Crippen LogP contribution in [0, 0.1) is 5.82 Å². The summed E-state index contributed by atoms with van der Waals surface area (Å²) in [5.41, 5.74) is 2.27. The number of hydrogen-bond donors (Lipinski definition) is 2. The molecule has 0 bridgehead atoms. The van der Waals surface area contributed by atoms with Crippen LogP contribution in [0.15, 0.2) is 17.1 Å². The summed E-state index contributed by atoms with van der Waals surface area (Å²) in [6.07, 6.45) is 1.20. The van der Waals surface area contributed by atoms with Gasteiger partial charge in [0, 0.05) is 39.4 Å². The Morgan fingerprint density at radius 1 is 1.33 bits per heavy atom. The first-order chi connectivity index (χ1) is 12.9. The van der Waals surface area contributed by atoms with Crippen LogP contribution >= 0.6 is 0 Å². The van der Waals surface area contributed by atoms with E-state index in [1.54, 1.807) is 14.0 Å². The van der Waals surface area contributed by atoms with E-state index in [1.807, 2.05) is 11.9 Å². The van der Waals surface area contributed by atoms with Crippen LogP contribution in [-0.2, 0) is 0 Å². The highest BCUT2D eigenvalue weighted by Crippen LogP contribution is 2.38. The van der Waals surface area contributed by atoms with Gasteiger partial charge in [-0.25, -0.2) is 9.18 Å². The summed E-state index contributed by atoms with van der Waals surface area (Å²) < 4.78 is 22.2. The maximum Gasteiger partial charge on any atom is 0.341 e. The zero-order valence-corrected chi connectivity index (χ0v) is 15.6. The van der Waals surface area contributed by atoms with Gasteiger partial charge in [-0.2, -0.15) is 0 Å². The lowest BCUT2D eigenvalue weighted by molar-refractivity contribution is 0.0695. The second kappa shape index (κ2) is 7.43. The smallest absolute Gasteiger partial charge is 0.341 e. The molecule has 0 unspecified atom stereocenters. The Hall–Kier alpha value is -2.81. The van der Waals surface area contributed by atoms with Crippen LogP contribution in [-0.4, -0.2) is 67.5 Å². The second-order valence-corrected chi connectivity index (χ2v) is 6.43. The Kier molecular flexibility index (Phi) is 5.22. The van der Waals surface area contributed by atoms with Gasteiger partial charge in [-0.1, -0.05) is 0 Å². The number of rotatable bonds is 5. The summed E-state index contributed by atoms with van der Waals surface area (Å²) in [4.78, 5) is 28.1. The summed E-state index contributed by atoms with van der Waals surface area (Å²) >= 11 is 0. The molecule has 2 aromatic rings. The molecule has 146 valence electrons. The normalized spacial score (nSPS) is 15.2. The molecule has 1 aliphatic rings. The highest BCUT2D eigenvalue weighted by Gasteiger charge is 2.27. The van der Waals surface area contributed by atoms with Gasteiger partial charge in [-0.05, 0) is 20.0 Å². The van der Waals surface area contributed by atoms with Crippen molar-refractivity contribution in [2.45, 2.75) is 6.92 Å². The number of nitrogens with zero attached hydrogens (tertiary/aromatic N) is 3. The lowest BCUT2D eigenvalue weighted by atomic mass is 10.1. The molecule has 1 fully saturated rings. The summed E-state index contributed by atoms with van der Waals surface area (Å²) in [5, 5.41) is 9.25. The molecule has 27 heavy (non-hydrogen) atoms. The lowest BCUT2D eigenvalue weighted by Crippen LogP contribution is -2.45. The van der Waals surface area contributed by atoms with Crippen LogP contribution in [0.3, 0.4) is 0 Å². The third kappa shape index (κ3) is 3.30. The van der Waals surface area contributed by atoms with Crippen LogP contribution in [0.1, 0.15) is 17.3 Å². The molecule has 1 aromatic carbocycles. The number of aromatic nitrogens is 1. The first-order valence-corrected chi connectivity index (χ1v) is 8.78. The highest BCUT2D eigenvalue weighted by molar-refractivity contribution is 5.97. The van der Waals surface area contributed by atoms with Gasteiger partial charge < -0.3 is 25.1 Å². The summed E-state index contributed by atoms with van der Waals surface area (Å²) in [7, 11) is 3.59. The standard InChI is InChI=1S/C18H23FN4O4/c1-4-27-17-14-11(16(24)12(18(25)26)10-23(14)20-2)9-13(19)15(17)22-7-5-21(3)6-8-22/h9-10,20H,4-8H2,1-3H3,(H,25,26). The third-order valence-corrected chi connectivity index (χ3v) is 4.75. The van der Waals surface area contributed by atoms with Crippen LogP contribution in [0.2, 0.25) is 0 Å². The van der Waals surface area contributed by atoms with Crippen molar-refractivity contribution >= 4 is 22.6 Å². The van der Waals surface area contributed by atoms with Crippen LogP contribution in [0.25, 0.3) is 10.9 Å². The molecule has 0 saturated carbocycles. The van der Waals surface area contributed by atoms with Gasteiger partial charge in [0.2, 0.25) is 5.43 Å². The Morgan fingerprint density at radius 2 is 2.00 bits per heavy atom. The Bertz CT molecular complexity index is 935. The molecule has 0 atom stereocenters. The van der Waals surface area contributed by atoms with Gasteiger partial charge in [-0.15, -0.1) is 0 Å². The van der Waals surface area contributed by atoms with Crippen LogP contribution < -0.4 is 20.5 Å². The number of aromatic carboxylic acids is 1. The van der Waals surface area contributed by atoms with Gasteiger partial charge >= 0.3 is 5.97 Å². The molecule has 1 aromatic heterocycles. The number of ether oxygens (including phenoxy) is 1. The fourth-order valence-corrected chi connectivity index (χ4v) is 3.35. The minimum absolute atomic E-state index is 0.0388. The van der Waals surface area contributed by atoms with E-state index < -0.39 is 22.8 Å². The molecule has 9 heteroatoms. The number of carboxylic acids is 1. The number of fused-ring (bicyclic) bond motifs is 1. The zero-order chi connectivity index (χ0) is 19.7. The number of piperazine rings is 1. The SMILES string of the molecule is CCOc1c(N2CCN(C)CC2)c(F)cc2c(=O)c(C(=O)O)cn(NC)c12. The van der Waals surface area contributed by atoms with E-state index in [0.29, 0.717) is 24.3 Å². The van der Waals surface area contributed by atoms with Crippen molar-refractivity contribution in [3.63, 3.8) is 0 Å². The second-order valence-electron chi connectivity index (χ2n) is 6.43. The number of carboxylic acid groups (broad SMARTS) is 1. The molecule has 8 nitrogen and oxygen atoms in total. The largest absolute Gasteiger partial charge is 0.489 e. The van der Waals surface area contributed by atoms with Crippen molar-refractivity contribution in [1.82, 2.24) is 9.58 Å². The maximum absolute atomic E-state index is 15.1. The van der Waals surface area contributed by atoms with Crippen molar-refractivity contribution in [3.05, 3.63) is 33.9 Å². The minimum atomic E-state index is -1.37. The van der Waals surface area contributed by atoms with Crippen molar-refractivity contribution in [2.75, 3.05) is 57.2 Å². The lowest BCUT2D eigenvalue weighted by Gasteiger charge is -2.35. The first kappa shape index (κ1) is 19.0. The van der Waals surface area contributed by atoms with E-state index in [1.165, 1.54) is 10.9 Å². The monoisotopic (exact) mass is 378 g/mol.